The van der Waals surface area contributed by atoms with E-state index in [2.05, 4.69) is 16.8 Å². The molecule has 1 aromatic heterocycles. The van der Waals surface area contributed by atoms with Crippen LogP contribution in [0.5, 0.6) is 5.75 Å². The van der Waals surface area contributed by atoms with E-state index in [4.69, 9.17) is 14.5 Å². The Morgan fingerprint density at radius 1 is 1.17 bits per heavy atom. The van der Waals surface area contributed by atoms with Crippen molar-refractivity contribution in [2.45, 2.75) is 32.7 Å². The Hall–Kier alpha value is -3.28. The minimum absolute atomic E-state index is 0.337. The molecule has 1 N–H and O–H groups in total. The third-order valence-corrected chi connectivity index (χ3v) is 5.20. The van der Waals surface area contributed by atoms with E-state index in [1.807, 2.05) is 55.5 Å². The van der Waals surface area contributed by atoms with Gasteiger partial charge >= 0.3 is 5.97 Å². The van der Waals surface area contributed by atoms with Crippen LogP contribution >= 0.6 is 0 Å². The molecule has 0 bridgehead atoms. The molecule has 1 aliphatic rings. The normalized spacial score (nSPS) is 15.8. The number of fused-ring (bicyclic) bond motifs is 3. The maximum Gasteiger partial charge on any atom is 0.337 e. The zero-order valence-corrected chi connectivity index (χ0v) is 16.9. The maximum absolute atomic E-state index is 12.7. The van der Waals surface area contributed by atoms with Crippen LogP contribution in [0.2, 0.25) is 0 Å². The van der Waals surface area contributed by atoms with Gasteiger partial charge < -0.3 is 14.8 Å². The molecular formula is C23H25N3O3. The molecule has 4 rings (SSSR count). The van der Waals surface area contributed by atoms with Crippen molar-refractivity contribution in [2.75, 3.05) is 19.0 Å². The number of carbonyl (C=O) groups excluding carboxylic acids is 1. The summed E-state index contributed by atoms with van der Waals surface area (Å²) in [5.41, 5.74) is 4.12. The van der Waals surface area contributed by atoms with E-state index in [0.29, 0.717) is 18.1 Å². The molecule has 6 heteroatoms. The Morgan fingerprint density at radius 3 is 2.66 bits per heavy atom. The first-order valence-electron chi connectivity index (χ1n) is 9.90. The van der Waals surface area contributed by atoms with Crippen LogP contribution in [-0.4, -0.2) is 29.2 Å². The standard InChI is InChI=1S/C23H25N3O3/c1-4-5-14-29-17-12-10-16(11-13-17)21-20(22(27)28-3)15(2)24-23-25-18-8-6-7-9-19(18)26(21)23/h6-13,21H,4-5,14H2,1-3H3,(H,24,25)/t21-/m1/s1. The van der Waals surface area contributed by atoms with Crippen molar-refractivity contribution < 1.29 is 14.3 Å². The number of nitrogens with zero attached hydrogens (tertiary/aromatic N) is 2. The molecule has 2 aromatic carbocycles. The third-order valence-electron chi connectivity index (χ3n) is 5.20. The van der Waals surface area contributed by atoms with Crippen molar-refractivity contribution >= 4 is 23.0 Å². The van der Waals surface area contributed by atoms with Gasteiger partial charge in [0, 0.05) is 5.70 Å². The fourth-order valence-corrected chi connectivity index (χ4v) is 3.73. The van der Waals surface area contributed by atoms with E-state index < -0.39 is 0 Å². The fourth-order valence-electron chi connectivity index (χ4n) is 3.73. The van der Waals surface area contributed by atoms with Gasteiger partial charge in [-0.25, -0.2) is 9.78 Å². The predicted molar refractivity (Wildman–Crippen MR) is 113 cm³/mol. The van der Waals surface area contributed by atoms with Gasteiger partial charge in [-0.05, 0) is 43.2 Å². The van der Waals surface area contributed by atoms with E-state index in [1.54, 1.807) is 0 Å². The lowest BCUT2D eigenvalue weighted by Gasteiger charge is -2.30. The smallest absolute Gasteiger partial charge is 0.337 e. The highest BCUT2D eigenvalue weighted by atomic mass is 16.5. The SMILES string of the molecule is CCCCOc1ccc([C@@H]2C(C(=O)OC)=C(C)Nc3nc4ccccc4n32)cc1. The van der Waals surface area contributed by atoms with E-state index >= 15 is 0 Å². The van der Waals surface area contributed by atoms with E-state index in [9.17, 15) is 4.79 Å². The molecule has 3 aromatic rings. The molecule has 0 saturated heterocycles. The van der Waals surface area contributed by atoms with Gasteiger partial charge in [0.2, 0.25) is 5.95 Å². The number of benzene rings is 2. The van der Waals surface area contributed by atoms with Crippen LogP contribution in [0.15, 0.2) is 59.8 Å². The lowest BCUT2D eigenvalue weighted by molar-refractivity contribution is -0.136. The molecule has 0 amide bonds. The van der Waals surface area contributed by atoms with Gasteiger partial charge in [-0.1, -0.05) is 37.6 Å². The van der Waals surface area contributed by atoms with Crippen molar-refractivity contribution in [1.29, 1.82) is 0 Å². The first-order chi connectivity index (χ1) is 14.1. The average Bonchev–Trinajstić information content (AvgIpc) is 3.11. The fraction of sp³-hybridized carbons (Fsp3) is 0.304. The highest BCUT2D eigenvalue weighted by Crippen LogP contribution is 2.39. The summed E-state index contributed by atoms with van der Waals surface area (Å²) in [5, 5.41) is 3.27. The summed E-state index contributed by atoms with van der Waals surface area (Å²) in [5.74, 6) is 1.18. The average molecular weight is 391 g/mol. The molecule has 0 saturated carbocycles. The number of imidazole rings is 1. The molecule has 1 atom stereocenters. The number of aromatic nitrogens is 2. The summed E-state index contributed by atoms with van der Waals surface area (Å²) in [6.07, 6.45) is 2.12. The van der Waals surface area contributed by atoms with Gasteiger partial charge in [-0.3, -0.25) is 4.57 Å². The molecule has 6 nitrogen and oxygen atoms in total. The Kier molecular flexibility index (Phi) is 5.25. The Labute approximate surface area is 170 Å². The van der Waals surface area contributed by atoms with Gasteiger partial charge in [0.1, 0.15) is 5.75 Å². The summed E-state index contributed by atoms with van der Waals surface area (Å²) in [6.45, 7) is 4.72. The van der Waals surface area contributed by atoms with Crippen LogP contribution in [0.1, 0.15) is 38.3 Å². The Bertz CT molecular complexity index is 1070. The molecule has 150 valence electrons. The molecule has 1 aliphatic heterocycles. The zero-order valence-electron chi connectivity index (χ0n) is 16.9. The minimum Gasteiger partial charge on any atom is -0.494 e. The number of unbranched alkanes of at least 4 members (excludes halogenated alkanes) is 1. The highest BCUT2D eigenvalue weighted by Gasteiger charge is 2.34. The number of ether oxygens (including phenoxy) is 2. The molecule has 0 aliphatic carbocycles. The van der Waals surface area contributed by atoms with Crippen LogP contribution in [0.4, 0.5) is 5.95 Å². The number of esters is 1. The van der Waals surface area contributed by atoms with Crippen molar-refractivity contribution in [3.63, 3.8) is 0 Å². The molecule has 0 fully saturated rings. The van der Waals surface area contributed by atoms with Gasteiger partial charge in [-0.15, -0.1) is 0 Å². The van der Waals surface area contributed by atoms with Crippen LogP contribution in [0.25, 0.3) is 11.0 Å². The number of rotatable bonds is 6. The maximum atomic E-state index is 12.7. The number of hydrogen-bond donors (Lipinski definition) is 1. The number of anilines is 1. The van der Waals surface area contributed by atoms with Crippen LogP contribution in [0, 0.1) is 0 Å². The number of hydrogen-bond acceptors (Lipinski definition) is 5. The number of carbonyl (C=O) groups is 1. The third kappa shape index (κ3) is 3.46. The van der Waals surface area contributed by atoms with Crippen LogP contribution in [-0.2, 0) is 9.53 Å². The first kappa shape index (κ1) is 19.1. The first-order valence-corrected chi connectivity index (χ1v) is 9.90. The second kappa shape index (κ2) is 7.99. The molecule has 0 unspecified atom stereocenters. The van der Waals surface area contributed by atoms with Gasteiger partial charge in [0.05, 0.1) is 36.4 Å². The molecule has 0 spiro atoms. The highest BCUT2D eigenvalue weighted by molar-refractivity contribution is 5.94. The molecule has 0 radical (unpaired) electrons. The second-order valence-corrected chi connectivity index (χ2v) is 7.12. The van der Waals surface area contributed by atoms with Crippen molar-refractivity contribution in [3.05, 3.63) is 65.4 Å². The lowest BCUT2D eigenvalue weighted by atomic mass is 9.95. The number of nitrogens with one attached hydrogen (secondary N) is 1. The second-order valence-electron chi connectivity index (χ2n) is 7.12. The van der Waals surface area contributed by atoms with Gasteiger partial charge in [0.25, 0.3) is 0 Å². The molecular weight excluding hydrogens is 366 g/mol. The van der Waals surface area contributed by atoms with Gasteiger partial charge in [-0.2, -0.15) is 0 Å². The van der Waals surface area contributed by atoms with E-state index in [0.717, 1.165) is 40.9 Å². The van der Waals surface area contributed by atoms with E-state index in [1.165, 1.54) is 7.11 Å². The monoisotopic (exact) mass is 391 g/mol. The topological polar surface area (TPSA) is 65.4 Å². The Balaban J connectivity index is 1.81. The van der Waals surface area contributed by atoms with Gasteiger partial charge in [0.15, 0.2) is 0 Å². The zero-order chi connectivity index (χ0) is 20.4. The lowest BCUT2D eigenvalue weighted by Crippen LogP contribution is -2.28. The number of allylic oxidation sites excluding steroid dienone is 1. The molecule has 29 heavy (non-hydrogen) atoms. The summed E-state index contributed by atoms with van der Waals surface area (Å²) in [4.78, 5) is 17.4. The van der Waals surface area contributed by atoms with E-state index in [-0.39, 0.29) is 12.0 Å². The van der Waals surface area contributed by atoms with Crippen molar-refractivity contribution in [1.82, 2.24) is 9.55 Å². The minimum atomic E-state index is -0.355. The quantitative estimate of drug-likeness (QED) is 0.488. The van der Waals surface area contributed by atoms with Crippen molar-refractivity contribution in [3.8, 4) is 5.75 Å². The van der Waals surface area contributed by atoms with Crippen LogP contribution < -0.4 is 10.1 Å². The largest absolute Gasteiger partial charge is 0.494 e. The summed E-state index contributed by atoms with van der Waals surface area (Å²) in [6, 6.07) is 15.5. The summed E-state index contributed by atoms with van der Waals surface area (Å²) in [7, 11) is 1.41. The predicted octanol–water partition coefficient (Wildman–Crippen LogP) is 4.68. The van der Waals surface area contributed by atoms with Crippen molar-refractivity contribution in [2.24, 2.45) is 0 Å². The number of methoxy groups -OCH3 is 1. The summed E-state index contributed by atoms with van der Waals surface area (Å²) < 4.78 is 13.0. The molecule has 2 heterocycles. The summed E-state index contributed by atoms with van der Waals surface area (Å²) >= 11 is 0. The number of para-hydroxylation sites is 2. The van der Waals surface area contributed by atoms with Crippen LogP contribution in [0.3, 0.4) is 0 Å². The Morgan fingerprint density at radius 2 is 1.93 bits per heavy atom.